The Morgan fingerprint density at radius 1 is 1.27 bits per heavy atom. The van der Waals surface area contributed by atoms with Crippen LogP contribution in [0.3, 0.4) is 0 Å². The first kappa shape index (κ1) is 9.36. The van der Waals surface area contributed by atoms with Crippen LogP contribution in [0.5, 0.6) is 0 Å². The number of hydrogen-bond donors (Lipinski definition) is 0. The number of piperidine rings is 1. The van der Waals surface area contributed by atoms with E-state index >= 15 is 0 Å². The molecule has 0 spiro atoms. The van der Waals surface area contributed by atoms with E-state index in [1.165, 1.54) is 32.4 Å². The van der Waals surface area contributed by atoms with Crippen LogP contribution in [0.1, 0.15) is 19.3 Å². The second kappa shape index (κ2) is 5.86. The van der Waals surface area contributed by atoms with Gasteiger partial charge in [-0.15, -0.1) is 0 Å². The minimum absolute atomic E-state index is 0.876. The van der Waals surface area contributed by atoms with Crippen molar-refractivity contribution in [2.75, 3.05) is 32.6 Å². The van der Waals surface area contributed by atoms with Gasteiger partial charge in [-0.1, -0.05) is 18.4 Å². The van der Waals surface area contributed by atoms with Gasteiger partial charge in [0, 0.05) is 26.0 Å². The lowest BCUT2D eigenvalue weighted by Gasteiger charge is -2.24. The third-order valence-corrected chi connectivity index (χ3v) is 2.96. The van der Waals surface area contributed by atoms with Crippen molar-refractivity contribution < 1.29 is 4.74 Å². The second-order valence-corrected chi connectivity index (χ2v) is 4.00. The van der Waals surface area contributed by atoms with E-state index in [-0.39, 0.29) is 0 Å². The zero-order chi connectivity index (χ0) is 7.94. The van der Waals surface area contributed by atoms with Crippen molar-refractivity contribution in [1.29, 1.82) is 0 Å². The predicted molar refractivity (Wildman–Crippen MR) is 49.8 cm³/mol. The average Bonchev–Trinajstić information content (AvgIpc) is 2.07. The van der Waals surface area contributed by atoms with E-state index in [2.05, 4.69) is 4.31 Å². The van der Waals surface area contributed by atoms with Gasteiger partial charge in [-0.3, -0.25) is 4.31 Å². The van der Waals surface area contributed by atoms with Gasteiger partial charge in [0.05, 0.1) is 6.61 Å². The van der Waals surface area contributed by atoms with Gasteiger partial charge >= 0.3 is 0 Å². The molecule has 1 aliphatic heterocycles. The molecular weight excluding hydrogens is 158 g/mol. The molecule has 0 N–H and O–H groups in total. The standard InChI is InChI=1S/C8H17NOS/c1-10-7-8-11-9-5-3-2-4-6-9/h2-8H2,1H3. The fourth-order valence-corrected chi connectivity index (χ4v) is 2.26. The van der Waals surface area contributed by atoms with E-state index in [9.17, 15) is 0 Å². The van der Waals surface area contributed by atoms with Gasteiger partial charge in [-0.2, -0.15) is 0 Å². The van der Waals surface area contributed by atoms with Crippen molar-refractivity contribution in [2.24, 2.45) is 0 Å². The minimum atomic E-state index is 0.876. The molecule has 0 aromatic rings. The smallest absolute Gasteiger partial charge is 0.0565 e. The normalized spacial score (nSPS) is 20.5. The summed E-state index contributed by atoms with van der Waals surface area (Å²) in [6, 6.07) is 0. The molecule has 0 aliphatic carbocycles. The van der Waals surface area contributed by atoms with Crippen molar-refractivity contribution in [3.8, 4) is 0 Å². The highest BCUT2D eigenvalue weighted by molar-refractivity contribution is 7.97. The fourth-order valence-electron chi connectivity index (χ4n) is 1.24. The van der Waals surface area contributed by atoms with Crippen LogP contribution in [0.2, 0.25) is 0 Å². The van der Waals surface area contributed by atoms with Gasteiger partial charge in [-0.05, 0) is 12.8 Å². The molecule has 0 radical (unpaired) electrons. The number of methoxy groups -OCH3 is 1. The molecule has 11 heavy (non-hydrogen) atoms. The highest BCUT2D eigenvalue weighted by atomic mass is 32.2. The number of nitrogens with zero attached hydrogens (tertiary/aromatic N) is 1. The molecule has 0 aromatic heterocycles. The van der Waals surface area contributed by atoms with Crippen molar-refractivity contribution in [3.05, 3.63) is 0 Å². The molecule has 3 heteroatoms. The van der Waals surface area contributed by atoms with Gasteiger partial charge in [0.15, 0.2) is 0 Å². The first-order valence-corrected chi connectivity index (χ1v) is 5.24. The molecule has 1 heterocycles. The molecule has 0 bridgehead atoms. The van der Waals surface area contributed by atoms with E-state index in [1.54, 1.807) is 7.11 Å². The lowest BCUT2D eigenvalue weighted by Crippen LogP contribution is -2.23. The van der Waals surface area contributed by atoms with Gasteiger partial charge in [0.25, 0.3) is 0 Å². The summed E-state index contributed by atoms with van der Waals surface area (Å²) in [6.07, 6.45) is 4.17. The lowest BCUT2D eigenvalue weighted by molar-refractivity contribution is 0.217. The van der Waals surface area contributed by atoms with Crippen LogP contribution in [0.15, 0.2) is 0 Å². The van der Waals surface area contributed by atoms with Crippen LogP contribution in [0.25, 0.3) is 0 Å². The Labute approximate surface area is 73.4 Å². The molecule has 0 saturated carbocycles. The summed E-state index contributed by atoms with van der Waals surface area (Å²) in [4.78, 5) is 0. The Hall–Kier alpha value is 0.270. The third kappa shape index (κ3) is 3.99. The summed E-state index contributed by atoms with van der Waals surface area (Å²) in [6.45, 7) is 3.42. The SMILES string of the molecule is COCCSN1CCCCC1. The molecule has 1 fully saturated rings. The van der Waals surface area contributed by atoms with Crippen molar-refractivity contribution in [3.63, 3.8) is 0 Å². The molecular formula is C8H17NOS. The first-order chi connectivity index (χ1) is 5.43. The Morgan fingerprint density at radius 3 is 2.64 bits per heavy atom. The minimum Gasteiger partial charge on any atom is -0.384 e. The van der Waals surface area contributed by atoms with Crippen LogP contribution in [-0.2, 0) is 4.74 Å². The summed E-state index contributed by atoms with van der Waals surface area (Å²) in [5.74, 6) is 1.11. The Kier molecular flexibility index (Phi) is 4.99. The molecule has 2 nitrogen and oxygen atoms in total. The zero-order valence-corrected chi connectivity index (χ0v) is 8.03. The summed E-state index contributed by atoms with van der Waals surface area (Å²) < 4.78 is 7.45. The van der Waals surface area contributed by atoms with E-state index in [0.717, 1.165) is 12.4 Å². The highest BCUT2D eigenvalue weighted by Gasteiger charge is 2.09. The maximum absolute atomic E-state index is 4.99. The maximum atomic E-state index is 4.99. The summed E-state index contributed by atoms with van der Waals surface area (Å²) in [5.41, 5.74) is 0. The van der Waals surface area contributed by atoms with E-state index in [4.69, 9.17) is 4.74 Å². The summed E-state index contributed by atoms with van der Waals surface area (Å²) in [7, 11) is 1.76. The van der Waals surface area contributed by atoms with E-state index in [1.807, 2.05) is 11.9 Å². The van der Waals surface area contributed by atoms with Crippen molar-refractivity contribution >= 4 is 11.9 Å². The van der Waals surface area contributed by atoms with Crippen LogP contribution in [-0.4, -0.2) is 36.9 Å². The van der Waals surface area contributed by atoms with E-state index in [0.29, 0.717) is 0 Å². The third-order valence-electron chi connectivity index (χ3n) is 1.88. The Bertz CT molecular complexity index is 94.1. The van der Waals surface area contributed by atoms with Crippen molar-refractivity contribution in [1.82, 2.24) is 4.31 Å². The maximum Gasteiger partial charge on any atom is 0.0565 e. The topological polar surface area (TPSA) is 12.5 Å². The Balaban J connectivity index is 1.96. The zero-order valence-electron chi connectivity index (χ0n) is 7.21. The molecule has 66 valence electrons. The van der Waals surface area contributed by atoms with Crippen LogP contribution < -0.4 is 0 Å². The van der Waals surface area contributed by atoms with Gasteiger partial charge in [0.2, 0.25) is 0 Å². The Morgan fingerprint density at radius 2 is 2.00 bits per heavy atom. The fraction of sp³-hybridized carbons (Fsp3) is 1.00. The number of ether oxygens (including phenoxy) is 1. The van der Waals surface area contributed by atoms with Gasteiger partial charge in [-0.25, -0.2) is 0 Å². The predicted octanol–water partition coefficient (Wildman–Crippen LogP) is 1.77. The summed E-state index contributed by atoms with van der Waals surface area (Å²) >= 11 is 1.93. The summed E-state index contributed by atoms with van der Waals surface area (Å²) in [5, 5.41) is 0. The van der Waals surface area contributed by atoms with Crippen LogP contribution in [0.4, 0.5) is 0 Å². The molecule has 1 saturated heterocycles. The lowest BCUT2D eigenvalue weighted by atomic mass is 10.2. The number of hydrogen-bond acceptors (Lipinski definition) is 3. The van der Waals surface area contributed by atoms with Gasteiger partial charge in [0.1, 0.15) is 0 Å². The largest absolute Gasteiger partial charge is 0.384 e. The first-order valence-electron chi connectivity index (χ1n) is 4.30. The van der Waals surface area contributed by atoms with E-state index < -0.39 is 0 Å². The molecule has 1 rings (SSSR count). The molecule has 1 aliphatic rings. The quantitative estimate of drug-likeness (QED) is 0.477. The van der Waals surface area contributed by atoms with Crippen LogP contribution >= 0.6 is 11.9 Å². The molecule has 0 unspecified atom stereocenters. The van der Waals surface area contributed by atoms with Crippen LogP contribution in [0, 0.1) is 0 Å². The van der Waals surface area contributed by atoms with Gasteiger partial charge < -0.3 is 4.74 Å². The molecule has 0 aromatic carbocycles. The number of rotatable bonds is 4. The molecule has 0 amide bonds. The second-order valence-electron chi connectivity index (χ2n) is 2.82. The molecule has 0 atom stereocenters. The van der Waals surface area contributed by atoms with Crippen molar-refractivity contribution in [2.45, 2.75) is 19.3 Å². The monoisotopic (exact) mass is 175 g/mol. The average molecular weight is 175 g/mol. The highest BCUT2D eigenvalue weighted by Crippen LogP contribution is 2.17.